The van der Waals surface area contributed by atoms with Gasteiger partial charge in [0, 0.05) is 10.6 Å². The SMILES string of the molecule is COC(=O)Cn1c(=NC(=O)c2cc(C)ccc2C)sc2ccc(Cl)c(C)c21. The van der Waals surface area contributed by atoms with E-state index in [0.717, 1.165) is 26.9 Å². The summed E-state index contributed by atoms with van der Waals surface area (Å²) >= 11 is 7.60. The molecular formula is C20H19ClN2O3S. The first-order chi connectivity index (χ1) is 12.8. The highest BCUT2D eigenvalue weighted by molar-refractivity contribution is 7.16. The fourth-order valence-corrected chi connectivity index (χ4v) is 4.09. The van der Waals surface area contributed by atoms with Crippen LogP contribution in [0, 0.1) is 20.8 Å². The van der Waals surface area contributed by atoms with Crippen LogP contribution < -0.4 is 4.80 Å². The summed E-state index contributed by atoms with van der Waals surface area (Å²) in [5.41, 5.74) is 4.00. The predicted octanol–water partition coefficient (Wildman–Crippen LogP) is 4.20. The van der Waals surface area contributed by atoms with Crippen molar-refractivity contribution < 1.29 is 14.3 Å². The molecule has 0 unspecified atom stereocenters. The number of hydrogen-bond donors (Lipinski definition) is 0. The number of rotatable bonds is 3. The normalized spacial score (nSPS) is 11.8. The largest absolute Gasteiger partial charge is 0.468 e. The van der Waals surface area contributed by atoms with E-state index in [1.165, 1.54) is 18.4 Å². The van der Waals surface area contributed by atoms with Crippen LogP contribution in [0.3, 0.4) is 0 Å². The first-order valence-corrected chi connectivity index (χ1v) is 9.53. The maximum absolute atomic E-state index is 12.8. The number of carbonyl (C=O) groups excluding carboxylic acids is 2. The number of aromatic nitrogens is 1. The van der Waals surface area contributed by atoms with Crippen LogP contribution in [-0.4, -0.2) is 23.6 Å². The lowest BCUT2D eigenvalue weighted by molar-refractivity contribution is -0.141. The van der Waals surface area contributed by atoms with Crippen molar-refractivity contribution in [3.63, 3.8) is 0 Å². The summed E-state index contributed by atoms with van der Waals surface area (Å²) in [5.74, 6) is -0.764. The van der Waals surface area contributed by atoms with Crippen molar-refractivity contribution in [1.82, 2.24) is 4.57 Å². The minimum Gasteiger partial charge on any atom is -0.468 e. The first-order valence-electron chi connectivity index (χ1n) is 8.33. The van der Waals surface area contributed by atoms with Crippen molar-refractivity contribution in [1.29, 1.82) is 0 Å². The Balaban J connectivity index is 2.23. The van der Waals surface area contributed by atoms with Gasteiger partial charge >= 0.3 is 5.97 Å². The van der Waals surface area contributed by atoms with Crippen molar-refractivity contribution in [3.8, 4) is 0 Å². The number of fused-ring (bicyclic) bond motifs is 1. The summed E-state index contributed by atoms with van der Waals surface area (Å²) < 4.78 is 7.39. The van der Waals surface area contributed by atoms with E-state index in [2.05, 4.69) is 4.99 Å². The van der Waals surface area contributed by atoms with Gasteiger partial charge in [-0.3, -0.25) is 9.59 Å². The molecule has 0 bridgehead atoms. The summed E-state index contributed by atoms with van der Waals surface area (Å²) in [6.07, 6.45) is 0. The van der Waals surface area contributed by atoms with E-state index in [1.807, 2.05) is 45.0 Å². The molecule has 0 saturated carbocycles. The third-order valence-corrected chi connectivity index (χ3v) is 5.82. The standard InChI is InChI=1S/C20H19ClN2O3S/c1-11-5-6-12(2)14(9-11)19(25)22-20-23(10-17(24)26-4)18-13(3)15(21)7-8-16(18)27-20/h5-9H,10H2,1-4H3. The third kappa shape index (κ3) is 3.82. The van der Waals surface area contributed by atoms with Crippen molar-refractivity contribution in [2.24, 2.45) is 4.99 Å². The van der Waals surface area contributed by atoms with Gasteiger partial charge in [-0.25, -0.2) is 0 Å². The molecule has 0 saturated heterocycles. The maximum Gasteiger partial charge on any atom is 0.325 e. The van der Waals surface area contributed by atoms with E-state index in [1.54, 1.807) is 10.6 Å². The Morgan fingerprint density at radius 3 is 2.63 bits per heavy atom. The van der Waals surface area contributed by atoms with Crippen molar-refractivity contribution in [3.05, 3.63) is 62.4 Å². The van der Waals surface area contributed by atoms with Crippen LogP contribution in [0.2, 0.25) is 5.02 Å². The Bertz CT molecular complexity index is 1130. The molecule has 0 spiro atoms. The summed E-state index contributed by atoms with van der Waals surface area (Å²) in [4.78, 5) is 29.5. The van der Waals surface area contributed by atoms with E-state index >= 15 is 0 Å². The number of esters is 1. The van der Waals surface area contributed by atoms with Gasteiger partial charge in [0.05, 0.1) is 17.3 Å². The number of aryl methyl sites for hydroxylation is 3. The number of ether oxygens (including phenoxy) is 1. The van der Waals surface area contributed by atoms with E-state index in [4.69, 9.17) is 16.3 Å². The summed E-state index contributed by atoms with van der Waals surface area (Å²) in [6, 6.07) is 9.34. The predicted molar refractivity (Wildman–Crippen MR) is 107 cm³/mol. The molecule has 0 aliphatic heterocycles. The quantitative estimate of drug-likeness (QED) is 0.617. The van der Waals surface area contributed by atoms with Crippen LogP contribution in [0.1, 0.15) is 27.0 Å². The highest BCUT2D eigenvalue weighted by Gasteiger charge is 2.16. The number of thiazole rings is 1. The van der Waals surface area contributed by atoms with Gasteiger partial charge in [0.2, 0.25) is 0 Å². The molecule has 140 valence electrons. The van der Waals surface area contributed by atoms with Crippen LogP contribution in [0.15, 0.2) is 35.3 Å². The zero-order chi connectivity index (χ0) is 19.7. The summed E-state index contributed by atoms with van der Waals surface area (Å²) in [6.45, 7) is 5.63. The van der Waals surface area contributed by atoms with Crippen molar-refractivity contribution >= 4 is 45.0 Å². The fraction of sp³-hybridized carbons (Fsp3) is 0.250. The molecule has 7 heteroatoms. The van der Waals surface area contributed by atoms with Gasteiger partial charge in [-0.1, -0.05) is 40.6 Å². The first kappa shape index (κ1) is 19.3. The molecule has 0 atom stereocenters. The molecule has 0 aliphatic rings. The zero-order valence-electron chi connectivity index (χ0n) is 15.5. The zero-order valence-corrected chi connectivity index (χ0v) is 17.1. The van der Waals surface area contributed by atoms with Crippen LogP contribution in [-0.2, 0) is 16.1 Å². The third-order valence-electron chi connectivity index (χ3n) is 4.37. The van der Waals surface area contributed by atoms with Gasteiger partial charge in [-0.05, 0) is 50.1 Å². The molecule has 1 heterocycles. The minimum atomic E-state index is -0.422. The molecule has 3 rings (SSSR count). The van der Waals surface area contributed by atoms with E-state index < -0.39 is 5.97 Å². The van der Waals surface area contributed by atoms with Crippen LogP contribution in [0.4, 0.5) is 0 Å². The minimum absolute atomic E-state index is 0.0450. The molecule has 0 fully saturated rings. The smallest absolute Gasteiger partial charge is 0.325 e. The number of benzene rings is 2. The van der Waals surface area contributed by atoms with Gasteiger partial charge in [0.1, 0.15) is 6.54 Å². The number of halogens is 1. The van der Waals surface area contributed by atoms with Gasteiger partial charge in [0.15, 0.2) is 4.80 Å². The number of methoxy groups -OCH3 is 1. The highest BCUT2D eigenvalue weighted by atomic mass is 35.5. The van der Waals surface area contributed by atoms with Crippen molar-refractivity contribution in [2.75, 3.05) is 7.11 Å². The Labute approximate surface area is 165 Å². The Morgan fingerprint density at radius 1 is 1.19 bits per heavy atom. The van der Waals surface area contributed by atoms with Crippen LogP contribution in [0.5, 0.6) is 0 Å². The molecule has 1 amide bonds. The van der Waals surface area contributed by atoms with E-state index in [9.17, 15) is 9.59 Å². The molecule has 3 aromatic rings. The molecule has 2 aromatic carbocycles. The molecule has 0 aliphatic carbocycles. The van der Waals surface area contributed by atoms with Crippen molar-refractivity contribution in [2.45, 2.75) is 27.3 Å². The summed E-state index contributed by atoms with van der Waals surface area (Å²) in [7, 11) is 1.33. The van der Waals surface area contributed by atoms with Gasteiger partial charge < -0.3 is 9.30 Å². The highest BCUT2D eigenvalue weighted by Crippen LogP contribution is 2.27. The molecule has 0 N–H and O–H groups in total. The van der Waals surface area contributed by atoms with Gasteiger partial charge in [0.25, 0.3) is 5.91 Å². The van der Waals surface area contributed by atoms with Crippen LogP contribution in [0.25, 0.3) is 10.2 Å². The second-order valence-corrected chi connectivity index (χ2v) is 7.72. The Kier molecular flexibility index (Phi) is 5.48. The molecule has 1 aromatic heterocycles. The maximum atomic E-state index is 12.8. The Hall–Kier alpha value is -2.44. The lowest BCUT2D eigenvalue weighted by Gasteiger charge is -2.07. The average Bonchev–Trinajstić information content (AvgIpc) is 2.97. The van der Waals surface area contributed by atoms with Gasteiger partial charge in [-0.15, -0.1) is 0 Å². The molecule has 5 nitrogen and oxygen atoms in total. The molecule has 0 radical (unpaired) electrons. The van der Waals surface area contributed by atoms with Crippen LogP contribution >= 0.6 is 22.9 Å². The van der Waals surface area contributed by atoms with E-state index in [0.29, 0.717) is 15.4 Å². The number of nitrogens with zero attached hydrogens (tertiary/aromatic N) is 2. The topological polar surface area (TPSA) is 60.7 Å². The second kappa shape index (κ2) is 7.66. The lowest BCUT2D eigenvalue weighted by Crippen LogP contribution is -2.23. The number of hydrogen-bond acceptors (Lipinski definition) is 4. The molecular weight excluding hydrogens is 384 g/mol. The second-order valence-electron chi connectivity index (χ2n) is 6.30. The number of carbonyl (C=O) groups is 2. The monoisotopic (exact) mass is 402 g/mol. The average molecular weight is 403 g/mol. The lowest BCUT2D eigenvalue weighted by atomic mass is 10.1. The fourth-order valence-electron chi connectivity index (χ4n) is 2.85. The Morgan fingerprint density at radius 2 is 1.93 bits per heavy atom. The summed E-state index contributed by atoms with van der Waals surface area (Å²) in [5, 5.41) is 0.589. The van der Waals surface area contributed by atoms with Gasteiger partial charge in [-0.2, -0.15) is 4.99 Å². The molecule has 27 heavy (non-hydrogen) atoms. The number of amides is 1. The van der Waals surface area contributed by atoms with E-state index in [-0.39, 0.29) is 12.5 Å².